The Kier molecular flexibility index (Phi) is 4.78. The SMILES string of the molecule is C=COc1cc(C(=O)NCC)ccc1-n1cc(C(=O)NC2CC2)nn1. The predicted octanol–water partition coefficient (Wildman–Crippen LogP) is 1.43. The Morgan fingerprint density at radius 3 is 2.88 bits per heavy atom. The molecule has 0 spiro atoms. The smallest absolute Gasteiger partial charge is 0.273 e. The summed E-state index contributed by atoms with van der Waals surface area (Å²) in [5, 5.41) is 13.5. The van der Waals surface area contributed by atoms with E-state index >= 15 is 0 Å². The molecule has 1 aromatic carbocycles. The minimum absolute atomic E-state index is 0.203. The van der Waals surface area contributed by atoms with Gasteiger partial charge in [-0.25, -0.2) is 4.68 Å². The number of aromatic nitrogens is 3. The summed E-state index contributed by atoms with van der Waals surface area (Å²) in [6.45, 7) is 5.92. The lowest BCUT2D eigenvalue weighted by molar-refractivity contribution is 0.0941. The summed E-state index contributed by atoms with van der Waals surface area (Å²) in [6.07, 6.45) is 4.78. The fraction of sp³-hybridized carbons (Fsp3) is 0.294. The molecule has 0 atom stereocenters. The molecule has 2 N–H and O–H groups in total. The number of hydrogen-bond acceptors (Lipinski definition) is 5. The van der Waals surface area contributed by atoms with Gasteiger partial charge in [-0.15, -0.1) is 5.10 Å². The maximum absolute atomic E-state index is 12.0. The lowest BCUT2D eigenvalue weighted by Gasteiger charge is -2.10. The molecule has 1 aliphatic rings. The average Bonchev–Trinajstić information content (AvgIpc) is 3.27. The molecule has 0 unspecified atom stereocenters. The Morgan fingerprint density at radius 1 is 1.40 bits per heavy atom. The fourth-order valence-electron chi connectivity index (χ4n) is 2.26. The second kappa shape index (κ2) is 7.16. The molecular formula is C17H19N5O3. The van der Waals surface area contributed by atoms with E-state index < -0.39 is 0 Å². The number of nitrogens with zero attached hydrogens (tertiary/aromatic N) is 3. The van der Waals surface area contributed by atoms with Crippen molar-refractivity contribution >= 4 is 11.8 Å². The summed E-state index contributed by atoms with van der Waals surface area (Å²) in [6, 6.07) is 5.17. The van der Waals surface area contributed by atoms with Crippen LogP contribution in [-0.4, -0.2) is 39.4 Å². The third-order valence-corrected chi connectivity index (χ3v) is 3.66. The lowest BCUT2D eigenvalue weighted by atomic mass is 10.1. The second-order valence-electron chi connectivity index (χ2n) is 5.62. The molecule has 0 saturated heterocycles. The number of benzene rings is 1. The number of rotatable bonds is 7. The van der Waals surface area contributed by atoms with Crippen LogP contribution in [0.5, 0.6) is 5.75 Å². The highest BCUT2D eigenvalue weighted by atomic mass is 16.5. The van der Waals surface area contributed by atoms with Crippen LogP contribution >= 0.6 is 0 Å². The first-order valence-electron chi connectivity index (χ1n) is 8.05. The third kappa shape index (κ3) is 3.85. The minimum Gasteiger partial charge on any atom is -0.463 e. The number of ether oxygens (including phenoxy) is 1. The summed E-state index contributed by atoms with van der Waals surface area (Å²) in [7, 11) is 0. The van der Waals surface area contributed by atoms with Crippen molar-refractivity contribution in [2.75, 3.05) is 6.54 Å². The van der Waals surface area contributed by atoms with E-state index in [1.165, 1.54) is 17.1 Å². The first kappa shape index (κ1) is 16.7. The van der Waals surface area contributed by atoms with Gasteiger partial charge in [0.1, 0.15) is 5.69 Å². The summed E-state index contributed by atoms with van der Waals surface area (Å²) in [5.74, 6) is -0.0669. The van der Waals surface area contributed by atoms with Crippen LogP contribution in [0.3, 0.4) is 0 Å². The molecule has 8 heteroatoms. The topological polar surface area (TPSA) is 98.1 Å². The summed E-state index contributed by atoms with van der Waals surface area (Å²) in [4.78, 5) is 24.0. The highest BCUT2D eigenvalue weighted by molar-refractivity contribution is 5.95. The number of nitrogens with one attached hydrogen (secondary N) is 2. The van der Waals surface area contributed by atoms with Crippen LogP contribution in [0.15, 0.2) is 37.2 Å². The number of hydrogen-bond donors (Lipinski definition) is 2. The summed E-state index contributed by atoms with van der Waals surface area (Å²) >= 11 is 0. The van der Waals surface area contributed by atoms with Gasteiger partial charge in [-0.05, 0) is 38.0 Å². The number of carbonyl (C=O) groups excluding carboxylic acids is 2. The number of amides is 2. The molecule has 0 bridgehead atoms. The number of carbonyl (C=O) groups is 2. The van der Waals surface area contributed by atoms with Crippen LogP contribution in [0.4, 0.5) is 0 Å². The summed E-state index contributed by atoms with van der Waals surface area (Å²) < 4.78 is 6.83. The molecule has 0 radical (unpaired) electrons. The minimum atomic E-state index is -0.251. The van der Waals surface area contributed by atoms with Gasteiger partial charge in [-0.3, -0.25) is 9.59 Å². The van der Waals surface area contributed by atoms with Crippen LogP contribution in [0.1, 0.15) is 40.6 Å². The molecule has 1 aliphatic carbocycles. The monoisotopic (exact) mass is 341 g/mol. The van der Waals surface area contributed by atoms with Gasteiger partial charge in [-0.2, -0.15) is 0 Å². The van der Waals surface area contributed by atoms with Gasteiger partial charge in [0.25, 0.3) is 11.8 Å². The third-order valence-electron chi connectivity index (χ3n) is 3.66. The van der Waals surface area contributed by atoms with E-state index in [4.69, 9.17) is 4.74 Å². The molecule has 1 saturated carbocycles. The normalized spacial score (nSPS) is 13.2. The van der Waals surface area contributed by atoms with Crippen LogP contribution in [0.2, 0.25) is 0 Å². The zero-order valence-electron chi connectivity index (χ0n) is 13.9. The van der Waals surface area contributed by atoms with E-state index in [9.17, 15) is 9.59 Å². The van der Waals surface area contributed by atoms with Gasteiger partial charge < -0.3 is 15.4 Å². The zero-order valence-corrected chi connectivity index (χ0v) is 13.9. The van der Waals surface area contributed by atoms with E-state index in [1.54, 1.807) is 18.2 Å². The van der Waals surface area contributed by atoms with Crippen LogP contribution in [0, 0.1) is 0 Å². The van der Waals surface area contributed by atoms with Gasteiger partial charge in [0.15, 0.2) is 11.4 Å². The first-order valence-corrected chi connectivity index (χ1v) is 8.05. The summed E-state index contributed by atoms with van der Waals surface area (Å²) in [5.41, 5.74) is 1.23. The Labute approximate surface area is 144 Å². The van der Waals surface area contributed by atoms with Crippen LogP contribution in [0.25, 0.3) is 5.69 Å². The lowest BCUT2D eigenvalue weighted by Crippen LogP contribution is -2.25. The van der Waals surface area contributed by atoms with E-state index in [-0.39, 0.29) is 23.6 Å². The van der Waals surface area contributed by atoms with Crippen molar-refractivity contribution in [3.8, 4) is 11.4 Å². The van der Waals surface area contributed by atoms with Crippen molar-refractivity contribution in [1.82, 2.24) is 25.6 Å². The van der Waals surface area contributed by atoms with Crippen molar-refractivity contribution in [3.05, 3.63) is 48.5 Å². The van der Waals surface area contributed by atoms with E-state index in [0.29, 0.717) is 23.5 Å². The van der Waals surface area contributed by atoms with Crippen molar-refractivity contribution in [2.24, 2.45) is 0 Å². The molecule has 3 rings (SSSR count). The molecule has 8 nitrogen and oxygen atoms in total. The quantitative estimate of drug-likeness (QED) is 0.743. The predicted molar refractivity (Wildman–Crippen MR) is 90.7 cm³/mol. The van der Waals surface area contributed by atoms with Gasteiger partial charge in [0.2, 0.25) is 0 Å². The molecule has 2 aromatic rings. The zero-order chi connectivity index (χ0) is 17.8. The van der Waals surface area contributed by atoms with Crippen molar-refractivity contribution < 1.29 is 14.3 Å². The Bertz CT molecular complexity index is 810. The van der Waals surface area contributed by atoms with Crippen molar-refractivity contribution in [2.45, 2.75) is 25.8 Å². The molecule has 1 aromatic heterocycles. The molecule has 1 heterocycles. The average molecular weight is 341 g/mol. The van der Waals surface area contributed by atoms with E-state index in [2.05, 4.69) is 27.5 Å². The van der Waals surface area contributed by atoms with Gasteiger partial charge in [0.05, 0.1) is 12.5 Å². The molecule has 130 valence electrons. The molecule has 0 aliphatic heterocycles. The Morgan fingerprint density at radius 2 is 2.20 bits per heavy atom. The van der Waals surface area contributed by atoms with E-state index in [0.717, 1.165) is 12.8 Å². The van der Waals surface area contributed by atoms with Gasteiger partial charge in [-0.1, -0.05) is 11.8 Å². The van der Waals surface area contributed by atoms with E-state index in [1.807, 2.05) is 6.92 Å². The molecular weight excluding hydrogens is 322 g/mol. The highest BCUT2D eigenvalue weighted by Gasteiger charge is 2.25. The maximum atomic E-state index is 12.0. The largest absolute Gasteiger partial charge is 0.463 e. The standard InChI is InChI=1S/C17H19N5O3/c1-3-18-16(23)11-5-8-14(15(9-11)25-4-2)22-10-13(20-21-22)17(24)19-12-6-7-12/h4-5,8-10,12H,2-3,6-7H2,1H3,(H,18,23)(H,19,24). The molecule has 2 amide bonds. The second-order valence-corrected chi connectivity index (χ2v) is 5.62. The van der Waals surface area contributed by atoms with Crippen molar-refractivity contribution in [1.29, 1.82) is 0 Å². The highest BCUT2D eigenvalue weighted by Crippen LogP contribution is 2.25. The maximum Gasteiger partial charge on any atom is 0.273 e. The van der Waals surface area contributed by atoms with Gasteiger partial charge in [0, 0.05) is 18.2 Å². The Balaban J connectivity index is 1.87. The fourth-order valence-corrected chi connectivity index (χ4v) is 2.26. The molecule has 25 heavy (non-hydrogen) atoms. The molecule has 1 fully saturated rings. The Hall–Kier alpha value is -3.16. The first-order chi connectivity index (χ1) is 12.1. The van der Waals surface area contributed by atoms with Gasteiger partial charge >= 0.3 is 0 Å². The van der Waals surface area contributed by atoms with Crippen molar-refractivity contribution in [3.63, 3.8) is 0 Å². The van der Waals surface area contributed by atoms with Crippen LogP contribution < -0.4 is 15.4 Å². The van der Waals surface area contributed by atoms with Crippen LogP contribution in [-0.2, 0) is 0 Å².